The molecule has 2 aromatic carbocycles. The summed E-state index contributed by atoms with van der Waals surface area (Å²) in [5, 5.41) is 5.49. The molecule has 2 aliphatic heterocycles. The number of piperidine rings is 1. The van der Waals surface area contributed by atoms with Crippen molar-refractivity contribution in [2.75, 3.05) is 39.4 Å². The summed E-state index contributed by atoms with van der Waals surface area (Å²) >= 11 is 5.99. The second-order valence-corrected chi connectivity index (χ2v) is 10.0. The molecule has 0 saturated carbocycles. The third-order valence-electron chi connectivity index (χ3n) is 7.27. The number of halogens is 1. The first-order chi connectivity index (χ1) is 17.5. The number of amides is 1. The van der Waals surface area contributed by atoms with Crippen molar-refractivity contribution < 1.29 is 9.53 Å². The molecular weight excluding hydrogens is 472 g/mol. The van der Waals surface area contributed by atoms with Crippen LogP contribution in [0.3, 0.4) is 0 Å². The summed E-state index contributed by atoms with van der Waals surface area (Å²) in [5.41, 5.74) is 5.47. The quantitative estimate of drug-likeness (QED) is 0.445. The van der Waals surface area contributed by atoms with E-state index in [1.807, 2.05) is 59.8 Å². The van der Waals surface area contributed by atoms with Crippen LogP contribution < -0.4 is 0 Å². The average molecular weight is 505 g/mol. The Morgan fingerprint density at radius 3 is 2.39 bits per heavy atom. The van der Waals surface area contributed by atoms with Crippen LogP contribution in [0.1, 0.15) is 45.7 Å². The fourth-order valence-corrected chi connectivity index (χ4v) is 5.39. The second-order valence-electron chi connectivity index (χ2n) is 9.61. The first-order valence-corrected chi connectivity index (χ1v) is 13.1. The minimum atomic E-state index is 0.0930. The fourth-order valence-electron chi connectivity index (χ4n) is 5.26. The summed E-state index contributed by atoms with van der Waals surface area (Å²) in [6, 6.07) is 16.5. The largest absolute Gasteiger partial charge is 0.379 e. The molecule has 2 fully saturated rings. The van der Waals surface area contributed by atoms with Gasteiger partial charge in [0.15, 0.2) is 0 Å². The highest BCUT2D eigenvalue weighted by Crippen LogP contribution is 2.24. The molecule has 3 heterocycles. The molecule has 0 bridgehead atoms. The van der Waals surface area contributed by atoms with Crippen molar-refractivity contribution in [1.82, 2.24) is 19.6 Å². The molecule has 3 aromatic rings. The third-order valence-corrected chi connectivity index (χ3v) is 7.52. The zero-order chi connectivity index (χ0) is 25.1. The van der Waals surface area contributed by atoms with Crippen molar-refractivity contribution in [2.45, 2.75) is 32.7 Å². The number of hydrogen-bond donors (Lipinski definition) is 0. The number of ether oxygens (including phenoxy) is 1. The number of nitrogens with zero attached hydrogens (tertiary/aromatic N) is 4. The van der Waals surface area contributed by atoms with Gasteiger partial charge in [-0.2, -0.15) is 5.10 Å². The normalized spacial score (nSPS) is 17.7. The monoisotopic (exact) mass is 504 g/mol. The van der Waals surface area contributed by atoms with Gasteiger partial charge in [0, 0.05) is 37.2 Å². The molecule has 2 saturated heterocycles. The van der Waals surface area contributed by atoms with E-state index in [0.717, 1.165) is 91.0 Å². The Kier molecular flexibility index (Phi) is 7.56. The summed E-state index contributed by atoms with van der Waals surface area (Å²) in [7, 11) is 0. The molecule has 0 unspecified atom stereocenters. The molecule has 0 aliphatic carbocycles. The van der Waals surface area contributed by atoms with E-state index in [0.29, 0.717) is 6.04 Å². The van der Waals surface area contributed by atoms with E-state index >= 15 is 0 Å². The molecule has 36 heavy (non-hydrogen) atoms. The van der Waals surface area contributed by atoms with E-state index in [4.69, 9.17) is 21.4 Å². The number of likely N-dealkylation sites (tertiary alicyclic amines) is 1. The van der Waals surface area contributed by atoms with Gasteiger partial charge in [0.2, 0.25) is 0 Å². The second kappa shape index (κ2) is 11.0. The van der Waals surface area contributed by atoms with Crippen molar-refractivity contribution in [3.05, 3.63) is 81.6 Å². The first-order valence-electron chi connectivity index (χ1n) is 12.7. The molecule has 5 rings (SSSR count). The maximum Gasteiger partial charge on any atom is 0.257 e. The van der Waals surface area contributed by atoms with Crippen LogP contribution in [0.4, 0.5) is 0 Å². The van der Waals surface area contributed by atoms with Gasteiger partial charge in [-0.3, -0.25) is 9.69 Å². The Morgan fingerprint density at radius 1 is 0.972 bits per heavy atom. The SMILES string of the molecule is Cc1nn(-c2cccc(/C=C/c3ccc(Cl)cc3)c2)c(C)c1C(=O)N1CCC(N2CCOCC2)CC1. The topological polar surface area (TPSA) is 50.6 Å². The molecule has 1 aromatic heterocycles. The number of hydrogen-bond acceptors (Lipinski definition) is 4. The van der Waals surface area contributed by atoms with Crippen LogP contribution in [0.25, 0.3) is 17.8 Å². The smallest absolute Gasteiger partial charge is 0.257 e. The summed E-state index contributed by atoms with van der Waals surface area (Å²) in [6.45, 7) is 9.12. The molecule has 6 nitrogen and oxygen atoms in total. The number of morpholine rings is 1. The number of benzene rings is 2. The van der Waals surface area contributed by atoms with Crippen molar-refractivity contribution in [3.63, 3.8) is 0 Å². The summed E-state index contributed by atoms with van der Waals surface area (Å²) in [5.74, 6) is 0.0930. The molecule has 0 spiro atoms. The highest BCUT2D eigenvalue weighted by molar-refractivity contribution is 6.30. The van der Waals surface area contributed by atoms with Crippen LogP contribution in [0.2, 0.25) is 5.02 Å². The fraction of sp³-hybridized carbons (Fsp3) is 0.379. The van der Waals surface area contributed by atoms with Crippen molar-refractivity contribution in [2.24, 2.45) is 0 Å². The van der Waals surface area contributed by atoms with Gasteiger partial charge in [-0.25, -0.2) is 4.68 Å². The minimum absolute atomic E-state index is 0.0930. The maximum atomic E-state index is 13.5. The van der Waals surface area contributed by atoms with E-state index in [9.17, 15) is 4.79 Å². The highest BCUT2D eigenvalue weighted by atomic mass is 35.5. The van der Waals surface area contributed by atoms with Crippen molar-refractivity contribution >= 4 is 29.7 Å². The van der Waals surface area contributed by atoms with Gasteiger partial charge >= 0.3 is 0 Å². The van der Waals surface area contributed by atoms with Gasteiger partial charge in [0.1, 0.15) is 0 Å². The van der Waals surface area contributed by atoms with E-state index in [1.165, 1.54) is 0 Å². The number of carbonyl (C=O) groups is 1. The highest BCUT2D eigenvalue weighted by Gasteiger charge is 2.30. The van der Waals surface area contributed by atoms with Crippen molar-refractivity contribution in [1.29, 1.82) is 0 Å². The van der Waals surface area contributed by atoms with Gasteiger partial charge in [-0.15, -0.1) is 0 Å². The third kappa shape index (κ3) is 5.41. The Balaban J connectivity index is 1.30. The molecular formula is C29H33ClN4O2. The lowest BCUT2D eigenvalue weighted by Crippen LogP contribution is -2.50. The minimum Gasteiger partial charge on any atom is -0.379 e. The van der Waals surface area contributed by atoms with Gasteiger partial charge in [-0.1, -0.05) is 48.0 Å². The molecule has 188 valence electrons. The molecule has 0 radical (unpaired) electrons. The zero-order valence-electron chi connectivity index (χ0n) is 21.0. The number of carbonyl (C=O) groups excluding carboxylic acids is 1. The van der Waals surface area contributed by atoms with Crippen LogP contribution in [0.5, 0.6) is 0 Å². The Morgan fingerprint density at radius 2 is 1.67 bits per heavy atom. The summed E-state index contributed by atoms with van der Waals surface area (Å²) < 4.78 is 7.39. The van der Waals surface area contributed by atoms with Gasteiger partial charge < -0.3 is 9.64 Å². The van der Waals surface area contributed by atoms with Crippen LogP contribution in [-0.2, 0) is 4.74 Å². The molecule has 2 aliphatic rings. The van der Waals surface area contributed by atoms with E-state index in [2.05, 4.69) is 29.2 Å². The van der Waals surface area contributed by atoms with Crippen LogP contribution in [-0.4, -0.2) is 70.9 Å². The zero-order valence-corrected chi connectivity index (χ0v) is 21.7. The predicted molar refractivity (Wildman–Crippen MR) is 145 cm³/mol. The lowest BCUT2D eigenvalue weighted by atomic mass is 10.0. The average Bonchev–Trinajstić information content (AvgIpc) is 3.22. The Labute approximate surface area is 218 Å². The van der Waals surface area contributed by atoms with E-state index < -0.39 is 0 Å². The maximum absolute atomic E-state index is 13.5. The first kappa shape index (κ1) is 24.8. The van der Waals surface area contributed by atoms with Crippen LogP contribution in [0, 0.1) is 13.8 Å². The summed E-state index contributed by atoms with van der Waals surface area (Å²) in [6.07, 6.45) is 6.16. The van der Waals surface area contributed by atoms with Gasteiger partial charge in [0.05, 0.1) is 35.9 Å². The Hall–Kier alpha value is -2.93. The molecule has 1 amide bonds. The summed E-state index contributed by atoms with van der Waals surface area (Å²) in [4.78, 5) is 18.1. The van der Waals surface area contributed by atoms with Gasteiger partial charge in [-0.05, 0) is 62.1 Å². The molecule has 0 N–H and O–H groups in total. The van der Waals surface area contributed by atoms with E-state index in [1.54, 1.807) is 0 Å². The molecule has 0 atom stereocenters. The standard InChI is InChI=1S/C29H33ClN4O2/c1-21-28(29(35)33-14-12-26(13-15-33)32-16-18-36-19-17-32)22(2)34(31-21)27-5-3-4-24(20-27)7-6-23-8-10-25(30)11-9-23/h3-11,20,26H,12-19H2,1-2H3/b7-6+. The van der Waals surface area contributed by atoms with Crippen LogP contribution in [0.15, 0.2) is 48.5 Å². The number of aryl methyl sites for hydroxylation is 1. The predicted octanol–water partition coefficient (Wildman–Crippen LogP) is 5.25. The van der Waals surface area contributed by atoms with Gasteiger partial charge in [0.25, 0.3) is 5.91 Å². The number of rotatable bonds is 5. The lowest BCUT2D eigenvalue weighted by Gasteiger charge is -2.40. The van der Waals surface area contributed by atoms with E-state index in [-0.39, 0.29) is 5.91 Å². The van der Waals surface area contributed by atoms with Crippen molar-refractivity contribution in [3.8, 4) is 5.69 Å². The Bertz CT molecular complexity index is 1240. The molecule has 7 heteroatoms. The van der Waals surface area contributed by atoms with Crippen LogP contribution >= 0.6 is 11.6 Å². The lowest BCUT2D eigenvalue weighted by molar-refractivity contribution is 0.00157. The number of aromatic nitrogens is 2.